The lowest BCUT2D eigenvalue weighted by atomic mass is 10.3. The second-order valence-corrected chi connectivity index (χ2v) is 5.96. The van der Waals surface area contributed by atoms with Gasteiger partial charge in [0, 0.05) is 28.1 Å². The van der Waals surface area contributed by atoms with Crippen molar-refractivity contribution in [3.05, 3.63) is 39.7 Å². The maximum atomic E-state index is 11.9. The van der Waals surface area contributed by atoms with Crippen molar-refractivity contribution in [2.24, 2.45) is 0 Å². The summed E-state index contributed by atoms with van der Waals surface area (Å²) >= 11 is 3.19. The summed E-state index contributed by atoms with van der Waals surface area (Å²) in [6, 6.07) is 3.82. The van der Waals surface area contributed by atoms with Gasteiger partial charge < -0.3 is 5.32 Å². The smallest absolute Gasteiger partial charge is 0.231 e. The number of hydrogen-bond acceptors (Lipinski definition) is 5. The minimum absolute atomic E-state index is 0.112. The molecule has 0 saturated heterocycles. The summed E-state index contributed by atoms with van der Waals surface area (Å²) in [6.45, 7) is 1.89. The minimum atomic E-state index is -0.112. The fraction of sp³-hybridized carbons (Fsp3) is 0.154. The van der Waals surface area contributed by atoms with Crippen molar-refractivity contribution in [1.82, 2.24) is 15.2 Å². The molecule has 20 heavy (non-hydrogen) atoms. The quantitative estimate of drug-likeness (QED) is 0.778. The monoisotopic (exact) mass is 304 g/mol. The molecule has 3 aromatic heterocycles. The van der Waals surface area contributed by atoms with Gasteiger partial charge in [0.1, 0.15) is 5.01 Å². The first-order chi connectivity index (χ1) is 9.70. The van der Waals surface area contributed by atoms with Gasteiger partial charge in [0.2, 0.25) is 5.91 Å². The third-order valence-corrected chi connectivity index (χ3v) is 4.26. The molecule has 0 aromatic carbocycles. The number of nitrogens with one attached hydrogen (secondary N) is 2. The van der Waals surface area contributed by atoms with E-state index < -0.39 is 0 Å². The van der Waals surface area contributed by atoms with Gasteiger partial charge in [-0.15, -0.1) is 11.3 Å². The van der Waals surface area contributed by atoms with Crippen LogP contribution in [0.4, 0.5) is 5.82 Å². The van der Waals surface area contributed by atoms with Gasteiger partial charge in [0.15, 0.2) is 5.82 Å². The van der Waals surface area contributed by atoms with Crippen LogP contribution < -0.4 is 5.32 Å². The molecule has 3 aromatic rings. The number of carbonyl (C=O) groups is 1. The molecule has 3 heterocycles. The molecule has 0 aliphatic carbocycles. The van der Waals surface area contributed by atoms with Crippen LogP contribution in [0.5, 0.6) is 0 Å². The van der Waals surface area contributed by atoms with E-state index in [1.807, 2.05) is 23.8 Å². The Hall–Kier alpha value is -1.99. The molecule has 0 saturated carbocycles. The van der Waals surface area contributed by atoms with Gasteiger partial charge in [-0.1, -0.05) is 0 Å². The zero-order valence-electron chi connectivity index (χ0n) is 10.7. The van der Waals surface area contributed by atoms with Crippen molar-refractivity contribution in [3.63, 3.8) is 0 Å². The van der Waals surface area contributed by atoms with Crippen LogP contribution in [-0.2, 0) is 11.2 Å². The molecule has 0 bridgehead atoms. The Morgan fingerprint density at radius 3 is 3.05 bits per heavy atom. The largest absolute Gasteiger partial charge is 0.309 e. The molecule has 0 aliphatic rings. The van der Waals surface area contributed by atoms with Crippen LogP contribution in [0.25, 0.3) is 10.6 Å². The first-order valence-electron chi connectivity index (χ1n) is 5.99. The summed E-state index contributed by atoms with van der Waals surface area (Å²) < 4.78 is 0. The zero-order chi connectivity index (χ0) is 13.9. The first-order valence-corrected chi connectivity index (χ1v) is 7.82. The van der Waals surface area contributed by atoms with E-state index in [0.29, 0.717) is 5.82 Å². The SMILES string of the molecule is Cc1cc(NC(=O)Cc2csc(-c3ccsc3)n2)n[nH]1. The van der Waals surface area contributed by atoms with Gasteiger partial charge in [-0.2, -0.15) is 16.4 Å². The summed E-state index contributed by atoms with van der Waals surface area (Å²) in [7, 11) is 0. The highest BCUT2D eigenvalue weighted by Crippen LogP contribution is 2.25. The predicted octanol–water partition coefficient (Wildman–Crippen LogP) is 3.08. The Bertz CT molecular complexity index is 714. The summed E-state index contributed by atoms with van der Waals surface area (Å²) in [5.74, 6) is 0.430. The fourth-order valence-electron chi connectivity index (χ4n) is 1.74. The van der Waals surface area contributed by atoms with Gasteiger partial charge in [-0.05, 0) is 18.4 Å². The number of hydrogen-bond donors (Lipinski definition) is 2. The zero-order valence-corrected chi connectivity index (χ0v) is 12.3. The third-order valence-electron chi connectivity index (χ3n) is 2.63. The van der Waals surface area contributed by atoms with E-state index in [1.54, 1.807) is 28.7 Å². The molecule has 0 radical (unpaired) electrons. The van der Waals surface area contributed by atoms with Crippen molar-refractivity contribution < 1.29 is 4.79 Å². The standard InChI is InChI=1S/C13H12N4OS2/c1-8-4-11(17-16-8)15-12(18)5-10-7-20-13(14-10)9-2-3-19-6-9/h2-4,6-7H,5H2,1H3,(H2,15,16,17,18). The fourth-order valence-corrected chi connectivity index (χ4v) is 3.27. The van der Waals surface area contributed by atoms with Gasteiger partial charge in [0.05, 0.1) is 12.1 Å². The number of nitrogens with zero attached hydrogens (tertiary/aromatic N) is 2. The van der Waals surface area contributed by atoms with Gasteiger partial charge in [0.25, 0.3) is 0 Å². The van der Waals surface area contributed by atoms with Crippen LogP contribution in [0.3, 0.4) is 0 Å². The number of thiophene rings is 1. The number of aryl methyl sites for hydroxylation is 1. The van der Waals surface area contributed by atoms with Crippen LogP contribution in [0.1, 0.15) is 11.4 Å². The van der Waals surface area contributed by atoms with Crippen molar-refractivity contribution in [1.29, 1.82) is 0 Å². The molecule has 5 nitrogen and oxygen atoms in total. The highest BCUT2D eigenvalue weighted by Gasteiger charge is 2.10. The Balaban J connectivity index is 1.64. The number of aromatic nitrogens is 3. The first kappa shape index (κ1) is 13.0. The van der Waals surface area contributed by atoms with Crippen LogP contribution in [0, 0.1) is 6.92 Å². The molecule has 2 N–H and O–H groups in total. The summed E-state index contributed by atoms with van der Waals surface area (Å²) in [5, 5.41) is 16.4. The van der Waals surface area contributed by atoms with Gasteiger partial charge >= 0.3 is 0 Å². The summed E-state index contributed by atoms with van der Waals surface area (Å²) in [5.41, 5.74) is 2.80. The summed E-state index contributed by atoms with van der Waals surface area (Å²) in [6.07, 6.45) is 0.256. The lowest BCUT2D eigenvalue weighted by Gasteiger charge is -1.98. The number of aromatic amines is 1. The molecule has 0 spiro atoms. The van der Waals surface area contributed by atoms with Crippen molar-refractivity contribution in [2.45, 2.75) is 13.3 Å². The highest BCUT2D eigenvalue weighted by atomic mass is 32.1. The molecule has 0 fully saturated rings. The molecule has 0 unspecified atom stereocenters. The van der Waals surface area contributed by atoms with E-state index in [2.05, 4.69) is 25.9 Å². The van der Waals surface area contributed by atoms with E-state index in [9.17, 15) is 4.79 Å². The van der Waals surface area contributed by atoms with E-state index in [1.165, 1.54) is 0 Å². The van der Waals surface area contributed by atoms with Crippen molar-refractivity contribution in [3.8, 4) is 10.6 Å². The summed E-state index contributed by atoms with van der Waals surface area (Å²) in [4.78, 5) is 16.4. The van der Waals surface area contributed by atoms with Crippen LogP contribution >= 0.6 is 22.7 Å². The third kappa shape index (κ3) is 2.94. The molecule has 102 valence electrons. The highest BCUT2D eigenvalue weighted by molar-refractivity contribution is 7.14. The lowest BCUT2D eigenvalue weighted by Crippen LogP contribution is -2.14. The molecular weight excluding hydrogens is 292 g/mol. The maximum Gasteiger partial charge on any atom is 0.231 e. The van der Waals surface area contributed by atoms with Crippen LogP contribution in [0.15, 0.2) is 28.3 Å². The molecular formula is C13H12N4OS2. The normalized spacial score (nSPS) is 10.7. The van der Waals surface area contributed by atoms with E-state index >= 15 is 0 Å². The average molecular weight is 304 g/mol. The Morgan fingerprint density at radius 2 is 2.35 bits per heavy atom. The maximum absolute atomic E-state index is 11.9. The molecule has 0 atom stereocenters. The number of amides is 1. The molecule has 7 heteroatoms. The number of thiazole rings is 1. The topological polar surface area (TPSA) is 70.7 Å². The minimum Gasteiger partial charge on any atom is -0.309 e. The van der Waals surface area contributed by atoms with Crippen LogP contribution in [-0.4, -0.2) is 21.1 Å². The molecule has 3 rings (SSSR count). The van der Waals surface area contributed by atoms with E-state index in [4.69, 9.17) is 0 Å². The van der Waals surface area contributed by atoms with Crippen LogP contribution in [0.2, 0.25) is 0 Å². The Kier molecular flexibility index (Phi) is 3.62. The van der Waals surface area contributed by atoms with Gasteiger partial charge in [-0.25, -0.2) is 4.98 Å². The second-order valence-electron chi connectivity index (χ2n) is 4.32. The predicted molar refractivity (Wildman–Crippen MR) is 81.1 cm³/mol. The molecule has 0 aliphatic heterocycles. The number of H-pyrrole nitrogens is 1. The average Bonchev–Trinajstić information content (AvgIpc) is 3.10. The van der Waals surface area contributed by atoms with E-state index in [-0.39, 0.29) is 12.3 Å². The van der Waals surface area contributed by atoms with Crippen molar-refractivity contribution in [2.75, 3.05) is 5.32 Å². The second kappa shape index (κ2) is 5.56. The van der Waals surface area contributed by atoms with Gasteiger partial charge in [-0.3, -0.25) is 9.89 Å². The lowest BCUT2D eigenvalue weighted by molar-refractivity contribution is -0.115. The molecule has 1 amide bonds. The Morgan fingerprint density at radius 1 is 1.45 bits per heavy atom. The van der Waals surface area contributed by atoms with E-state index in [0.717, 1.165) is 22.0 Å². The Labute approximate surface area is 123 Å². The number of rotatable bonds is 4. The van der Waals surface area contributed by atoms with Crippen molar-refractivity contribution >= 4 is 34.4 Å². The number of anilines is 1. The number of carbonyl (C=O) groups excluding carboxylic acids is 1.